The molecule has 1 aliphatic rings. The van der Waals surface area contributed by atoms with Crippen LogP contribution in [0.5, 0.6) is 17.2 Å². The van der Waals surface area contributed by atoms with Gasteiger partial charge in [0.05, 0.1) is 18.7 Å². The number of hydrogen-bond donors (Lipinski definition) is 4. The minimum atomic E-state index is -2.04. The number of rotatable bonds is 20. The number of carbonyl (C=O) groups is 2. The summed E-state index contributed by atoms with van der Waals surface area (Å²) in [4.78, 5) is 44.0. The standard InChI is InChI=1S/C57H58N2O9.H2S/c1-66-53-34-40(12-8-17-51(61)49-26-28-52(62)55-50(49)27-29-54(63)58-55)22-24-43(53)35-46(60)25-23-39-18-20-42(21-19-39)38-67-48-16-9-15-45(36-48)57(65,44-13-6-3-7-14-44)56(64)68-47-30-32-59(33-31-47)37-41-10-4-2-5-11-41;/h2-7,9-11,13-16,18-22,24,26-29,34,36,47,51,61-62,65H,8,12,17,23,25,30-33,35,37-38H2,1H3,(H,58,63);1H2/t51-,57-;/m0./s1. The lowest BCUT2D eigenvalue weighted by Gasteiger charge is -2.34. The number of pyridine rings is 1. The van der Waals surface area contributed by atoms with Gasteiger partial charge in [-0.05, 0) is 102 Å². The van der Waals surface area contributed by atoms with E-state index in [9.17, 15) is 29.7 Å². The third-order valence-corrected chi connectivity index (χ3v) is 12.9. The molecule has 12 heteroatoms. The largest absolute Gasteiger partial charge is 0.506 e. The van der Waals surface area contributed by atoms with Crippen LogP contribution < -0.4 is 15.0 Å². The number of hydrogen-bond acceptors (Lipinski definition) is 10. The van der Waals surface area contributed by atoms with Crippen LogP contribution >= 0.6 is 13.5 Å². The fourth-order valence-corrected chi connectivity index (χ4v) is 9.00. The van der Waals surface area contributed by atoms with E-state index in [0.29, 0.717) is 84.0 Å². The number of aromatic amines is 1. The van der Waals surface area contributed by atoms with Crippen LogP contribution in [-0.2, 0) is 52.3 Å². The number of aliphatic hydroxyl groups is 2. The second-order valence-electron chi connectivity index (χ2n) is 17.6. The highest BCUT2D eigenvalue weighted by molar-refractivity contribution is 7.59. The van der Waals surface area contributed by atoms with Crippen molar-refractivity contribution in [1.29, 1.82) is 0 Å². The number of Topliss-reactive ketones (excluding diaryl/α,β-unsaturated/α-hetero) is 1. The summed E-state index contributed by atoms with van der Waals surface area (Å²) in [5, 5.41) is 34.1. The number of phenols is 1. The Balaban J connectivity index is 0.00000703. The van der Waals surface area contributed by atoms with Crippen LogP contribution in [-0.4, -0.2) is 63.3 Å². The molecule has 0 aliphatic carbocycles. The minimum Gasteiger partial charge on any atom is -0.506 e. The molecule has 0 spiro atoms. The van der Waals surface area contributed by atoms with Crippen molar-refractivity contribution >= 4 is 36.2 Å². The van der Waals surface area contributed by atoms with Crippen LogP contribution in [0.1, 0.15) is 82.7 Å². The first-order chi connectivity index (χ1) is 33.0. The number of carbonyl (C=O) groups excluding carboxylic acids is 2. The Bertz CT molecular complexity index is 2870. The molecule has 11 nitrogen and oxygen atoms in total. The number of aromatic nitrogens is 1. The Labute approximate surface area is 409 Å². The summed E-state index contributed by atoms with van der Waals surface area (Å²) in [6.45, 7) is 2.68. The molecule has 69 heavy (non-hydrogen) atoms. The Kier molecular flexibility index (Phi) is 17.1. The van der Waals surface area contributed by atoms with Crippen molar-refractivity contribution in [3.63, 3.8) is 0 Å². The van der Waals surface area contributed by atoms with Gasteiger partial charge in [-0.2, -0.15) is 13.5 Å². The average Bonchev–Trinajstić information content (AvgIpc) is 3.37. The predicted molar refractivity (Wildman–Crippen MR) is 272 cm³/mol. The maximum absolute atomic E-state index is 14.0. The van der Waals surface area contributed by atoms with Gasteiger partial charge >= 0.3 is 5.97 Å². The number of ketones is 1. The summed E-state index contributed by atoms with van der Waals surface area (Å²) < 4.78 is 17.9. The van der Waals surface area contributed by atoms with E-state index in [-0.39, 0.29) is 49.7 Å². The van der Waals surface area contributed by atoms with Crippen LogP contribution in [0.4, 0.5) is 0 Å². The molecule has 2 heterocycles. The zero-order valence-electron chi connectivity index (χ0n) is 38.8. The molecule has 7 aromatic rings. The van der Waals surface area contributed by atoms with Crippen molar-refractivity contribution in [2.24, 2.45) is 0 Å². The number of esters is 1. The topological polar surface area (TPSA) is 159 Å². The SMILES string of the molecule is COc1cc(CCC[C@H](O)c2ccc(O)c3[nH]c(=O)ccc23)ccc1CC(=O)CCc1ccc(COc2cccc([C@](O)(C(=O)OC3CCN(Cc4ccccc4)CC3)c3ccccc3)c2)cc1.S. The fraction of sp³-hybridized carbons (Fsp3) is 0.281. The van der Waals surface area contributed by atoms with Gasteiger partial charge in [0.1, 0.15) is 35.7 Å². The molecule has 6 aromatic carbocycles. The number of aryl methyl sites for hydroxylation is 2. The quantitative estimate of drug-likeness (QED) is 0.0543. The van der Waals surface area contributed by atoms with E-state index < -0.39 is 17.7 Å². The Morgan fingerprint density at radius 3 is 2.20 bits per heavy atom. The van der Waals surface area contributed by atoms with E-state index in [1.807, 2.05) is 66.7 Å². The molecule has 358 valence electrons. The highest BCUT2D eigenvalue weighted by Crippen LogP contribution is 2.35. The first kappa shape index (κ1) is 50.2. The summed E-state index contributed by atoms with van der Waals surface area (Å²) in [6, 6.07) is 46.1. The Hall–Kier alpha value is -6.70. The minimum absolute atomic E-state index is 0. The number of fused-ring (bicyclic) bond motifs is 1. The van der Waals surface area contributed by atoms with E-state index in [1.54, 1.807) is 67.8 Å². The van der Waals surface area contributed by atoms with Gasteiger partial charge in [0.25, 0.3) is 0 Å². The summed E-state index contributed by atoms with van der Waals surface area (Å²) >= 11 is 0. The van der Waals surface area contributed by atoms with Gasteiger partial charge in [-0.25, -0.2) is 4.79 Å². The normalized spacial score (nSPS) is 14.3. The maximum atomic E-state index is 14.0. The number of nitrogens with one attached hydrogen (secondary N) is 1. The first-order valence-corrected chi connectivity index (χ1v) is 23.3. The number of aliphatic hydroxyl groups excluding tert-OH is 1. The third kappa shape index (κ3) is 12.7. The summed E-state index contributed by atoms with van der Waals surface area (Å²) in [6.07, 6.45) is 3.30. The Morgan fingerprint density at radius 2 is 1.46 bits per heavy atom. The molecule has 0 bridgehead atoms. The van der Waals surface area contributed by atoms with Gasteiger partial charge in [0, 0.05) is 55.1 Å². The predicted octanol–water partition coefficient (Wildman–Crippen LogP) is 9.18. The second-order valence-corrected chi connectivity index (χ2v) is 17.6. The maximum Gasteiger partial charge on any atom is 0.347 e. The highest BCUT2D eigenvalue weighted by Gasteiger charge is 2.43. The van der Waals surface area contributed by atoms with Crippen molar-refractivity contribution in [3.05, 3.63) is 207 Å². The van der Waals surface area contributed by atoms with Crippen molar-refractivity contribution in [2.75, 3.05) is 20.2 Å². The smallest absolute Gasteiger partial charge is 0.347 e. The lowest BCUT2D eigenvalue weighted by Crippen LogP contribution is -2.43. The number of piperidine rings is 1. The van der Waals surface area contributed by atoms with E-state index in [2.05, 4.69) is 22.0 Å². The number of likely N-dealkylation sites (tertiary alicyclic amines) is 1. The lowest BCUT2D eigenvalue weighted by atomic mass is 9.86. The van der Waals surface area contributed by atoms with Crippen molar-refractivity contribution in [2.45, 2.75) is 82.3 Å². The molecule has 0 unspecified atom stereocenters. The van der Waals surface area contributed by atoms with Crippen molar-refractivity contribution < 1.29 is 39.1 Å². The van der Waals surface area contributed by atoms with Crippen LogP contribution in [0.15, 0.2) is 156 Å². The zero-order chi connectivity index (χ0) is 47.5. The lowest BCUT2D eigenvalue weighted by molar-refractivity contribution is -0.170. The zero-order valence-corrected chi connectivity index (χ0v) is 39.8. The van der Waals surface area contributed by atoms with Crippen LogP contribution in [0, 0.1) is 0 Å². The molecular formula is C57H60N2O9S. The third-order valence-electron chi connectivity index (χ3n) is 12.9. The fourth-order valence-electron chi connectivity index (χ4n) is 9.00. The number of methoxy groups -OCH3 is 1. The monoisotopic (exact) mass is 948 g/mol. The molecule has 1 aromatic heterocycles. The van der Waals surface area contributed by atoms with Gasteiger partial charge in [-0.3, -0.25) is 14.5 Å². The molecule has 8 rings (SSSR count). The van der Waals surface area contributed by atoms with Crippen LogP contribution in [0.2, 0.25) is 0 Å². The van der Waals surface area contributed by atoms with E-state index in [4.69, 9.17) is 14.2 Å². The molecule has 1 fully saturated rings. The molecule has 1 saturated heterocycles. The summed E-state index contributed by atoms with van der Waals surface area (Å²) in [5.41, 5.74) is 4.39. The first-order valence-electron chi connectivity index (χ1n) is 23.3. The molecule has 0 radical (unpaired) electrons. The van der Waals surface area contributed by atoms with Crippen LogP contribution in [0.25, 0.3) is 10.9 Å². The second kappa shape index (κ2) is 23.5. The van der Waals surface area contributed by atoms with E-state index >= 15 is 0 Å². The number of ether oxygens (including phenoxy) is 3. The number of phenolic OH excluding ortho intramolecular Hbond substituents is 1. The Morgan fingerprint density at radius 1 is 0.768 bits per heavy atom. The summed E-state index contributed by atoms with van der Waals surface area (Å²) in [7, 11) is 1.60. The van der Waals surface area contributed by atoms with E-state index in [0.717, 1.165) is 41.9 Å². The molecular weight excluding hydrogens is 889 g/mol. The van der Waals surface area contributed by atoms with Crippen LogP contribution in [0.3, 0.4) is 0 Å². The molecule has 1 aliphatic heterocycles. The van der Waals surface area contributed by atoms with E-state index in [1.165, 1.54) is 17.7 Å². The number of H-pyrrole nitrogens is 1. The van der Waals surface area contributed by atoms with Gasteiger partial charge < -0.3 is 34.5 Å². The van der Waals surface area contributed by atoms with Gasteiger partial charge in [-0.1, -0.05) is 115 Å². The van der Waals surface area contributed by atoms with Gasteiger partial charge in [0.2, 0.25) is 11.2 Å². The van der Waals surface area contributed by atoms with Gasteiger partial charge in [-0.15, -0.1) is 0 Å². The van der Waals surface area contributed by atoms with Crippen molar-refractivity contribution in [1.82, 2.24) is 9.88 Å². The molecule has 0 saturated carbocycles. The highest BCUT2D eigenvalue weighted by atomic mass is 32.1. The molecule has 2 atom stereocenters. The van der Waals surface area contributed by atoms with Crippen molar-refractivity contribution in [3.8, 4) is 17.2 Å². The molecule has 4 N–H and O–H groups in total. The number of benzene rings is 6. The molecule has 0 amide bonds. The number of nitrogens with zero attached hydrogens (tertiary/aromatic N) is 1. The average molecular weight is 949 g/mol. The summed E-state index contributed by atoms with van der Waals surface area (Å²) in [5.74, 6) is 0.484. The van der Waals surface area contributed by atoms with Gasteiger partial charge in [0.15, 0.2) is 0 Å². The number of aromatic hydroxyl groups is 1.